The van der Waals surface area contributed by atoms with E-state index in [4.69, 9.17) is 11.6 Å². The van der Waals surface area contributed by atoms with Crippen LogP contribution in [0, 0.1) is 0 Å². The molecule has 0 spiro atoms. The molecule has 20 heavy (non-hydrogen) atoms. The zero-order valence-electron chi connectivity index (χ0n) is 9.89. The Balaban J connectivity index is 2.55. The summed E-state index contributed by atoms with van der Waals surface area (Å²) >= 11 is 5.84. The SMILES string of the molecule is FC(F)c1cccc(-c2cccc(C(F)(F)F)c2)c1Cl. The minimum atomic E-state index is -4.50. The Labute approximate surface area is 116 Å². The van der Waals surface area contributed by atoms with Gasteiger partial charge in [-0.15, -0.1) is 0 Å². The van der Waals surface area contributed by atoms with Crippen LogP contribution in [0.15, 0.2) is 42.5 Å². The molecule has 0 atom stereocenters. The van der Waals surface area contributed by atoms with Crippen LogP contribution in [0.3, 0.4) is 0 Å². The fraction of sp³-hybridized carbons (Fsp3) is 0.143. The molecule has 0 fully saturated rings. The molecule has 0 bridgehead atoms. The first kappa shape index (κ1) is 14.8. The second-order valence-electron chi connectivity index (χ2n) is 4.09. The Kier molecular flexibility index (Phi) is 3.99. The Bertz CT molecular complexity index is 619. The molecule has 0 amide bonds. The fourth-order valence-corrected chi connectivity index (χ4v) is 2.12. The highest BCUT2D eigenvalue weighted by Crippen LogP contribution is 2.37. The lowest BCUT2D eigenvalue weighted by Crippen LogP contribution is -2.04. The van der Waals surface area contributed by atoms with Crippen molar-refractivity contribution in [1.29, 1.82) is 0 Å². The third-order valence-corrected chi connectivity index (χ3v) is 3.19. The molecule has 6 heteroatoms. The molecule has 0 N–H and O–H groups in total. The molecule has 0 unspecified atom stereocenters. The van der Waals surface area contributed by atoms with Crippen molar-refractivity contribution in [1.82, 2.24) is 0 Å². The van der Waals surface area contributed by atoms with Gasteiger partial charge in [-0.05, 0) is 17.7 Å². The molecule has 0 aliphatic carbocycles. The molecule has 0 aliphatic heterocycles. The van der Waals surface area contributed by atoms with Crippen LogP contribution in [0.25, 0.3) is 11.1 Å². The summed E-state index contributed by atoms with van der Waals surface area (Å²) < 4.78 is 63.4. The Morgan fingerprint density at radius 1 is 0.950 bits per heavy atom. The van der Waals surface area contributed by atoms with Gasteiger partial charge in [0.05, 0.1) is 10.6 Å². The van der Waals surface area contributed by atoms with Crippen LogP contribution in [0.1, 0.15) is 17.6 Å². The standard InChI is InChI=1S/C14H8ClF5/c15-12-10(5-2-6-11(12)13(16)17)8-3-1-4-9(7-8)14(18,19)20/h1-7,13H. The molecular formula is C14H8ClF5. The van der Waals surface area contributed by atoms with E-state index in [2.05, 4.69) is 0 Å². The van der Waals surface area contributed by atoms with E-state index in [-0.39, 0.29) is 16.1 Å². The second-order valence-corrected chi connectivity index (χ2v) is 4.47. The summed E-state index contributed by atoms with van der Waals surface area (Å²) in [5.74, 6) is 0. The number of alkyl halides is 5. The number of hydrogen-bond acceptors (Lipinski definition) is 0. The molecule has 0 aromatic heterocycles. The predicted octanol–water partition coefficient (Wildman–Crippen LogP) is 5.96. The lowest BCUT2D eigenvalue weighted by Gasteiger charge is -2.12. The quantitative estimate of drug-likeness (QED) is 0.600. The lowest BCUT2D eigenvalue weighted by molar-refractivity contribution is -0.137. The zero-order valence-corrected chi connectivity index (χ0v) is 10.6. The maximum Gasteiger partial charge on any atom is 0.416 e. The highest BCUT2D eigenvalue weighted by atomic mass is 35.5. The van der Waals surface area contributed by atoms with Gasteiger partial charge in [0.25, 0.3) is 6.43 Å². The van der Waals surface area contributed by atoms with Gasteiger partial charge in [0.15, 0.2) is 0 Å². The molecule has 0 radical (unpaired) electrons. The van der Waals surface area contributed by atoms with E-state index in [0.717, 1.165) is 18.2 Å². The van der Waals surface area contributed by atoms with Gasteiger partial charge >= 0.3 is 6.18 Å². The minimum absolute atomic E-state index is 0.146. The average molecular weight is 307 g/mol. The Hall–Kier alpha value is -1.62. The van der Waals surface area contributed by atoms with Gasteiger partial charge in [-0.25, -0.2) is 8.78 Å². The molecule has 2 rings (SSSR count). The summed E-state index contributed by atoms with van der Waals surface area (Å²) in [6.07, 6.45) is -7.28. The van der Waals surface area contributed by atoms with Crippen molar-refractivity contribution in [2.24, 2.45) is 0 Å². The first-order chi connectivity index (χ1) is 9.30. The lowest BCUT2D eigenvalue weighted by atomic mass is 10.0. The normalized spacial score (nSPS) is 11.9. The molecule has 2 aromatic rings. The van der Waals surface area contributed by atoms with Gasteiger partial charge in [-0.3, -0.25) is 0 Å². The Morgan fingerprint density at radius 3 is 2.20 bits per heavy atom. The maximum absolute atomic E-state index is 12.7. The molecule has 0 aliphatic rings. The van der Waals surface area contributed by atoms with E-state index >= 15 is 0 Å². The number of hydrogen-bond donors (Lipinski definition) is 0. The van der Waals surface area contributed by atoms with Crippen LogP contribution in [-0.4, -0.2) is 0 Å². The molecule has 0 saturated carbocycles. The summed E-state index contributed by atoms with van der Waals surface area (Å²) in [5, 5.41) is -0.234. The molecule has 0 saturated heterocycles. The van der Waals surface area contributed by atoms with E-state index < -0.39 is 23.7 Å². The fourth-order valence-electron chi connectivity index (χ4n) is 1.80. The Morgan fingerprint density at radius 2 is 1.60 bits per heavy atom. The smallest absolute Gasteiger partial charge is 0.205 e. The van der Waals surface area contributed by atoms with Crippen molar-refractivity contribution < 1.29 is 22.0 Å². The van der Waals surface area contributed by atoms with Gasteiger partial charge in [-0.2, -0.15) is 13.2 Å². The van der Waals surface area contributed by atoms with Gasteiger partial charge in [0.1, 0.15) is 0 Å². The van der Waals surface area contributed by atoms with Gasteiger partial charge < -0.3 is 0 Å². The van der Waals surface area contributed by atoms with E-state index in [1.54, 1.807) is 0 Å². The average Bonchev–Trinajstić information content (AvgIpc) is 2.38. The maximum atomic E-state index is 12.7. The number of halogens is 6. The molecule has 0 heterocycles. The first-order valence-electron chi connectivity index (χ1n) is 5.55. The monoisotopic (exact) mass is 306 g/mol. The van der Waals surface area contributed by atoms with E-state index in [1.807, 2.05) is 0 Å². The van der Waals surface area contributed by atoms with Crippen LogP contribution in [0.4, 0.5) is 22.0 Å². The van der Waals surface area contributed by atoms with E-state index in [9.17, 15) is 22.0 Å². The van der Waals surface area contributed by atoms with Crippen molar-refractivity contribution in [3.05, 3.63) is 58.6 Å². The van der Waals surface area contributed by atoms with Crippen molar-refractivity contribution in [3.8, 4) is 11.1 Å². The van der Waals surface area contributed by atoms with Crippen LogP contribution in [-0.2, 0) is 6.18 Å². The first-order valence-corrected chi connectivity index (χ1v) is 5.92. The topological polar surface area (TPSA) is 0 Å². The van der Waals surface area contributed by atoms with Crippen molar-refractivity contribution >= 4 is 11.6 Å². The van der Waals surface area contributed by atoms with Crippen LogP contribution < -0.4 is 0 Å². The predicted molar refractivity (Wildman–Crippen MR) is 66.8 cm³/mol. The molecule has 2 aromatic carbocycles. The second kappa shape index (κ2) is 5.40. The highest BCUT2D eigenvalue weighted by molar-refractivity contribution is 6.34. The van der Waals surface area contributed by atoms with Crippen molar-refractivity contribution in [2.75, 3.05) is 0 Å². The van der Waals surface area contributed by atoms with Gasteiger partial charge in [0, 0.05) is 11.1 Å². The summed E-state index contributed by atoms with van der Waals surface area (Å²) in [6, 6.07) is 8.29. The van der Waals surface area contributed by atoms with Crippen LogP contribution in [0.2, 0.25) is 5.02 Å². The molecular weight excluding hydrogens is 299 g/mol. The van der Waals surface area contributed by atoms with Crippen LogP contribution in [0.5, 0.6) is 0 Å². The molecule has 0 nitrogen and oxygen atoms in total. The number of rotatable bonds is 2. The highest BCUT2D eigenvalue weighted by Gasteiger charge is 2.30. The van der Waals surface area contributed by atoms with Crippen LogP contribution >= 0.6 is 11.6 Å². The minimum Gasteiger partial charge on any atom is -0.205 e. The van der Waals surface area contributed by atoms with E-state index in [1.165, 1.54) is 24.3 Å². The molecule has 106 valence electrons. The summed E-state index contributed by atoms with van der Waals surface area (Å²) in [4.78, 5) is 0. The largest absolute Gasteiger partial charge is 0.416 e. The van der Waals surface area contributed by atoms with Gasteiger partial charge in [0.2, 0.25) is 0 Å². The van der Waals surface area contributed by atoms with Crippen molar-refractivity contribution in [3.63, 3.8) is 0 Å². The summed E-state index contributed by atoms with van der Waals surface area (Å²) in [5.41, 5.74) is -0.960. The number of benzene rings is 2. The zero-order chi connectivity index (χ0) is 14.9. The summed E-state index contributed by atoms with van der Waals surface area (Å²) in [6.45, 7) is 0. The van der Waals surface area contributed by atoms with Crippen molar-refractivity contribution in [2.45, 2.75) is 12.6 Å². The third-order valence-electron chi connectivity index (χ3n) is 2.76. The van der Waals surface area contributed by atoms with Gasteiger partial charge in [-0.1, -0.05) is 41.9 Å². The summed E-state index contributed by atoms with van der Waals surface area (Å²) in [7, 11) is 0. The third kappa shape index (κ3) is 2.93. The van der Waals surface area contributed by atoms with E-state index in [0.29, 0.717) is 0 Å².